The van der Waals surface area contributed by atoms with Gasteiger partial charge in [0.1, 0.15) is 23.3 Å². The first-order chi connectivity index (χ1) is 13.7. The minimum absolute atomic E-state index is 0.0605. The third-order valence-corrected chi connectivity index (χ3v) is 4.79. The summed E-state index contributed by atoms with van der Waals surface area (Å²) in [6.45, 7) is 6.36. The second-order valence-corrected chi connectivity index (χ2v) is 7.07. The van der Waals surface area contributed by atoms with Gasteiger partial charge in [0.25, 0.3) is 5.91 Å². The van der Waals surface area contributed by atoms with Gasteiger partial charge in [0.05, 0.1) is 12.6 Å². The molecule has 0 aliphatic rings. The van der Waals surface area contributed by atoms with E-state index in [0.717, 1.165) is 29.1 Å². The molecule has 1 atom stereocenters. The van der Waals surface area contributed by atoms with E-state index in [1.54, 1.807) is 7.11 Å². The largest absolute Gasteiger partial charge is 0.383 e. The smallest absolute Gasteiger partial charge is 0.264 e. The van der Waals surface area contributed by atoms with Crippen LogP contribution in [0.1, 0.15) is 35.5 Å². The summed E-state index contributed by atoms with van der Waals surface area (Å²) in [5.41, 5.74) is 2.78. The van der Waals surface area contributed by atoms with Gasteiger partial charge in [-0.05, 0) is 44.5 Å². The normalized spacial score (nSPS) is 12.6. The van der Waals surface area contributed by atoms with E-state index in [4.69, 9.17) is 4.74 Å². The van der Waals surface area contributed by atoms with Gasteiger partial charge in [-0.2, -0.15) is 5.26 Å². The molecule has 1 aromatic carbocycles. The van der Waals surface area contributed by atoms with Crippen molar-refractivity contribution in [2.45, 2.75) is 33.4 Å². The summed E-state index contributed by atoms with van der Waals surface area (Å²) < 4.78 is 34.2. The third-order valence-electron chi connectivity index (χ3n) is 4.79. The van der Waals surface area contributed by atoms with Crippen LogP contribution < -0.4 is 0 Å². The van der Waals surface area contributed by atoms with Gasteiger partial charge >= 0.3 is 0 Å². The van der Waals surface area contributed by atoms with Gasteiger partial charge in [-0.15, -0.1) is 0 Å². The van der Waals surface area contributed by atoms with Crippen LogP contribution in [0, 0.1) is 36.8 Å². The number of halogens is 2. The lowest BCUT2D eigenvalue weighted by Gasteiger charge is -2.18. The summed E-state index contributed by atoms with van der Waals surface area (Å²) in [5, 5.41) is 9.51. The minimum atomic E-state index is -0.734. The van der Waals surface area contributed by atoms with Gasteiger partial charge in [0.15, 0.2) is 0 Å². The zero-order valence-electron chi connectivity index (χ0n) is 17.3. The van der Waals surface area contributed by atoms with Gasteiger partial charge in [-0.3, -0.25) is 4.79 Å². The van der Waals surface area contributed by atoms with Crippen LogP contribution in [0.25, 0.3) is 6.08 Å². The minimum Gasteiger partial charge on any atom is -0.383 e. The number of carbonyl (C=O) groups excluding carboxylic acids is 1. The molecule has 0 radical (unpaired) electrons. The number of nitriles is 1. The van der Waals surface area contributed by atoms with Crippen LogP contribution in [-0.2, 0) is 16.1 Å². The number of nitrogens with zero attached hydrogens (tertiary/aromatic N) is 3. The highest BCUT2D eigenvalue weighted by Gasteiger charge is 2.19. The Morgan fingerprint density at radius 2 is 2.03 bits per heavy atom. The van der Waals surface area contributed by atoms with Crippen LogP contribution >= 0.6 is 0 Å². The highest BCUT2D eigenvalue weighted by molar-refractivity contribution is 6.01. The van der Waals surface area contributed by atoms with Crippen molar-refractivity contribution in [3.8, 4) is 6.07 Å². The predicted molar refractivity (Wildman–Crippen MR) is 107 cm³/mol. The zero-order chi connectivity index (χ0) is 21.7. The summed E-state index contributed by atoms with van der Waals surface area (Å²) in [4.78, 5) is 13.9. The van der Waals surface area contributed by atoms with E-state index in [1.165, 1.54) is 24.1 Å². The standard InChI is InChI=1S/C22H25F2N3O2/c1-14-8-18(16(3)27(14)15(2)13-29-5)9-19(11-25)22(28)26(4)12-17-6-7-20(23)10-21(17)24/h6-10,15H,12-13H2,1-5H3/b19-9+. The highest BCUT2D eigenvalue weighted by atomic mass is 19.1. The Balaban J connectivity index is 2.28. The van der Waals surface area contributed by atoms with Crippen molar-refractivity contribution >= 4 is 12.0 Å². The Labute approximate surface area is 169 Å². The maximum absolute atomic E-state index is 13.9. The van der Waals surface area contributed by atoms with Crippen molar-refractivity contribution in [2.24, 2.45) is 0 Å². The Kier molecular flexibility index (Phi) is 7.29. The first-order valence-electron chi connectivity index (χ1n) is 9.18. The second-order valence-electron chi connectivity index (χ2n) is 7.07. The SMILES string of the molecule is COCC(C)n1c(C)cc(/C=C(\C#N)C(=O)N(C)Cc2ccc(F)cc2F)c1C. The van der Waals surface area contributed by atoms with Gasteiger partial charge in [0.2, 0.25) is 0 Å². The van der Waals surface area contributed by atoms with E-state index in [1.807, 2.05) is 32.9 Å². The summed E-state index contributed by atoms with van der Waals surface area (Å²) in [6, 6.07) is 7.13. The Morgan fingerprint density at radius 1 is 1.34 bits per heavy atom. The van der Waals surface area contributed by atoms with Crippen molar-refractivity contribution in [1.29, 1.82) is 5.26 Å². The van der Waals surface area contributed by atoms with E-state index in [-0.39, 0.29) is 23.7 Å². The molecule has 7 heteroatoms. The number of likely N-dealkylation sites (N-methyl/N-ethyl adjacent to an activating group) is 1. The molecule has 0 bridgehead atoms. The summed E-state index contributed by atoms with van der Waals surface area (Å²) >= 11 is 0. The fourth-order valence-corrected chi connectivity index (χ4v) is 3.42. The number of benzene rings is 1. The van der Waals surface area contributed by atoms with Crippen molar-refractivity contribution in [3.05, 3.63) is 64.0 Å². The molecule has 0 N–H and O–H groups in total. The maximum Gasteiger partial charge on any atom is 0.264 e. The molecule has 0 saturated heterocycles. The highest BCUT2D eigenvalue weighted by Crippen LogP contribution is 2.23. The molecule has 5 nitrogen and oxygen atoms in total. The van der Waals surface area contributed by atoms with Crippen LogP contribution in [0.2, 0.25) is 0 Å². The molecule has 1 heterocycles. The Bertz CT molecular complexity index is 973. The van der Waals surface area contributed by atoms with E-state index >= 15 is 0 Å². The summed E-state index contributed by atoms with van der Waals surface area (Å²) in [5.74, 6) is -1.95. The summed E-state index contributed by atoms with van der Waals surface area (Å²) in [6.07, 6.45) is 1.54. The molecule has 29 heavy (non-hydrogen) atoms. The van der Waals surface area contributed by atoms with Crippen LogP contribution in [0.4, 0.5) is 8.78 Å². The number of rotatable bonds is 7. The fourth-order valence-electron chi connectivity index (χ4n) is 3.42. The number of aryl methyl sites for hydroxylation is 1. The average Bonchev–Trinajstić information content (AvgIpc) is 2.94. The molecule has 2 aromatic rings. The number of methoxy groups -OCH3 is 1. The average molecular weight is 401 g/mol. The molecule has 0 saturated carbocycles. The number of aromatic nitrogens is 1. The van der Waals surface area contributed by atoms with E-state index in [9.17, 15) is 18.8 Å². The molecule has 0 fully saturated rings. The third kappa shape index (κ3) is 5.09. The molecule has 1 unspecified atom stereocenters. The van der Waals surface area contributed by atoms with Crippen LogP contribution in [-0.4, -0.2) is 36.1 Å². The lowest BCUT2D eigenvalue weighted by atomic mass is 10.1. The number of hydrogen-bond acceptors (Lipinski definition) is 3. The monoisotopic (exact) mass is 401 g/mol. The van der Waals surface area contributed by atoms with Crippen molar-refractivity contribution in [2.75, 3.05) is 20.8 Å². The van der Waals surface area contributed by atoms with Gasteiger partial charge in [-0.25, -0.2) is 8.78 Å². The van der Waals surface area contributed by atoms with Crippen LogP contribution in [0.15, 0.2) is 29.8 Å². The number of ether oxygens (including phenoxy) is 1. The molecule has 1 aromatic heterocycles. The van der Waals surface area contributed by atoms with Gasteiger partial charge in [-0.1, -0.05) is 6.07 Å². The maximum atomic E-state index is 13.9. The number of carbonyl (C=O) groups is 1. The topological polar surface area (TPSA) is 58.3 Å². The molecule has 2 rings (SSSR count). The molecule has 154 valence electrons. The van der Waals surface area contributed by atoms with Crippen LogP contribution in [0.5, 0.6) is 0 Å². The van der Waals surface area contributed by atoms with E-state index in [2.05, 4.69) is 4.57 Å². The molecular formula is C22H25F2N3O2. The lowest BCUT2D eigenvalue weighted by molar-refractivity contribution is -0.125. The number of hydrogen-bond donors (Lipinski definition) is 0. The lowest BCUT2D eigenvalue weighted by Crippen LogP contribution is -2.27. The van der Waals surface area contributed by atoms with Crippen molar-refractivity contribution in [1.82, 2.24) is 9.47 Å². The number of amides is 1. The van der Waals surface area contributed by atoms with Crippen molar-refractivity contribution in [3.63, 3.8) is 0 Å². The van der Waals surface area contributed by atoms with E-state index in [0.29, 0.717) is 6.61 Å². The first kappa shape index (κ1) is 22.3. The zero-order valence-corrected chi connectivity index (χ0v) is 17.3. The fraction of sp³-hybridized carbons (Fsp3) is 0.364. The molecule has 0 aliphatic carbocycles. The van der Waals surface area contributed by atoms with Crippen LogP contribution in [0.3, 0.4) is 0 Å². The molecule has 1 amide bonds. The molecule has 0 spiro atoms. The van der Waals surface area contributed by atoms with Gasteiger partial charge < -0.3 is 14.2 Å². The van der Waals surface area contributed by atoms with Crippen molar-refractivity contribution < 1.29 is 18.3 Å². The quantitative estimate of drug-likeness (QED) is 0.517. The Morgan fingerprint density at radius 3 is 2.62 bits per heavy atom. The second kappa shape index (κ2) is 9.48. The molecular weight excluding hydrogens is 376 g/mol. The Hall–Kier alpha value is -2.98. The molecule has 0 aliphatic heterocycles. The van der Waals surface area contributed by atoms with E-state index < -0.39 is 17.5 Å². The van der Waals surface area contributed by atoms with Gasteiger partial charge in [0, 0.05) is 43.7 Å². The predicted octanol–water partition coefficient (Wildman–Crippen LogP) is 4.16. The first-order valence-corrected chi connectivity index (χ1v) is 9.18. The summed E-state index contributed by atoms with van der Waals surface area (Å²) in [7, 11) is 3.11.